The second-order valence-corrected chi connectivity index (χ2v) is 11.2. The maximum Gasteiger partial charge on any atom is 0.244 e. The average Bonchev–Trinajstić information content (AvgIpc) is 2.91. The normalized spacial score (nSPS) is 12.7. The van der Waals surface area contributed by atoms with Gasteiger partial charge in [0.1, 0.15) is 29.9 Å². The summed E-state index contributed by atoms with van der Waals surface area (Å²) < 4.78 is 45.7. The van der Waals surface area contributed by atoms with Crippen molar-refractivity contribution < 1.29 is 27.1 Å². The molecule has 0 aromatic heterocycles. The minimum atomic E-state index is -3.87. The number of halogens is 1. The van der Waals surface area contributed by atoms with Gasteiger partial charge in [0, 0.05) is 12.6 Å². The third kappa shape index (κ3) is 8.54. The predicted molar refractivity (Wildman–Crippen MR) is 149 cm³/mol. The Morgan fingerprint density at radius 3 is 2.08 bits per heavy atom. The molecule has 0 aliphatic rings. The number of hydrogen-bond donors (Lipinski definition) is 1. The summed E-state index contributed by atoms with van der Waals surface area (Å²) in [4.78, 5) is 27.8. The molecule has 208 valence electrons. The number of rotatable bonds is 12. The van der Waals surface area contributed by atoms with Gasteiger partial charge >= 0.3 is 0 Å². The van der Waals surface area contributed by atoms with Crippen molar-refractivity contribution in [3.63, 3.8) is 0 Å². The SMILES string of the molecule is CC[C@@H](C)NC(=O)[C@H](C)N(Cc1ccc(F)cc1)C(=O)CN(c1ccc(Oc2ccccc2)cc1)S(C)(=O)=O. The van der Waals surface area contributed by atoms with Crippen LogP contribution in [-0.2, 0) is 26.2 Å². The fraction of sp³-hybridized carbons (Fsp3) is 0.310. The molecule has 2 amide bonds. The Hall–Kier alpha value is -3.92. The topological polar surface area (TPSA) is 96.0 Å². The molecule has 0 saturated carbocycles. The summed E-state index contributed by atoms with van der Waals surface area (Å²) in [7, 11) is -3.87. The van der Waals surface area contributed by atoms with E-state index in [2.05, 4.69) is 5.32 Å². The van der Waals surface area contributed by atoms with Crippen molar-refractivity contribution >= 4 is 27.5 Å². The summed E-state index contributed by atoms with van der Waals surface area (Å²) in [5, 5.41) is 2.86. The number of carbonyl (C=O) groups is 2. The van der Waals surface area contributed by atoms with Crippen LogP contribution in [0.4, 0.5) is 10.1 Å². The van der Waals surface area contributed by atoms with Gasteiger partial charge in [-0.1, -0.05) is 37.3 Å². The van der Waals surface area contributed by atoms with E-state index in [1.165, 1.54) is 29.2 Å². The van der Waals surface area contributed by atoms with Crippen molar-refractivity contribution in [1.29, 1.82) is 0 Å². The molecule has 3 aromatic carbocycles. The van der Waals surface area contributed by atoms with Crippen LogP contribution in [0.2, 0.25) is 0 Å². The standard InChI is InChI=1S/C29H34FN3O5S/c1-5-21(2)31-29(35)22(3)32(19-23-11-13-24(30)14-12-23)28(34)20-33(39(4,36)37)25-15-17-27(18-16-25)38-26-9-7-6-8-10-26/h6-18,21-22H,5,19-20H2,1-4H3,(H,31,35)/t21-,22+/m1/s1. The summed E-state index contributed by atoms with van der Waals surface area (Å²) in [5.41, 5.74) is 0.867. The van der Waals surface area contributed by atoms with Crippen molar-refractivity contribution in [2.75, 3.05) is 17.1 Å². The minimum Gasteiger partial charge on any atom is -0.457 e. The van der Waals surface area contributed by atoms with E-state index < -0.39 is 34.3 Å². The van der Waals surface area contributed by atoms with Crippen molar-refractivity contribution in [3.8, 4) is 11.5 Å². The Kier molecular flexibility index (Phi) is 10.1. The highest BCUT2D eigenvalue weighted by molar-refractivity contribution is 7.92. The molecule has 0 saturated heterocycles. The molecule has 3 rings (SSSR count). The third-order valence-corrected chi connectivity index (χ3v) is 7.36. The molecule has 8 nitrogen and oxygen atoms in total. The van der Waals surface area contributed by atoms with E-state index in [1.807, 2.05) is 32.0 Å². The van der Waals surface area contributed by atoms with Crippen LogP contribution in [0, 0.1) is 5.82 Å². The number of nitrogens with zero attached hydrogens (tertiary/aromatic N) is 2. The van der Waals surface area contributed by atoms with Gasteiger partial charge in [0.15, 0.2) is 0 Å². The summed E-state index contributed by atoms with van der Waals surface area (Å²) in [6, 6.07) is 20.0. The summed E-state index contributed by atoms with van der Waals surface area (Å²) >= 11 is 0. The number of hydrogen-bond acceptors (Lipinski definition) is 5. The molecule has 1 N–H and O–H groups in total. The number of benzene rings is 3. The van der Waals surface area contributed by atoms with Gasteiger partial charge in [-0.3, -0.25) is 13.9 Å². The number of nitrogens with one attached hydrogen (secondary N) is 1. The molecule has 0 spiro atoms. The van der Waals surface area contributed by atoms with E-state index in [9.17, 15) is 22.4 Å². The molecule has 0 heterocycles. The van der Waals surface area contributed by atoms with Crippen LogP contribution in [0.1, 0.15) is 32.8 Å². The molecule has 10 heteroatoms. The van der Waals surface area contributed by atoms with E-state index in [-0.39, 0.29) is 24.2 Å². The largest absolute Gasteiger partial charge is 0.457 e. The lowest BCUT2D eigenvalue weighted by atomic mass is 10.1. The fourth-order valence-corrected chi connectivity index (χ4v) is 4.60. The summed E-state index contributed by atoms with van der Waals surface area (Å²) in [5.74, 6) is -0.254. The van der Waals surface area contributed by atoms with Gasteiger partial charge in [-0.15, -0.1) is 0 Å². The number of anilines is 1. The van der Waals surface area contributed by atoms with Gasteiger partial charge in [0.2, 0.25) is 21.8 Å². The maximum atomic E-state index is 13.6. The minimum absolute atomic E-state index is 0.00430. The van der Waals surface area contributed by atoms with Crippen molar-refractivity contribution in [2.45, 2.75) is 45.8 Å². The van der Waals surface area contributed by atoms with Crippen LogP contribution in [-0.4, -0.2) is 50.0 Å². The molecule has 0 bridgehead atoms. The Balaban J connectivity index is 1.85. The molecular formula is C29H34FN3O5S. The molecule has 3 aromatic rings. The van der Waals surface area contributed by atoms with Crippen molar-refractivity contribution in [2.24, 2.45) is 0 Å². The van der Waals surface area contributed by atoms with E-state index in [0.717, 1.165) is 10.6 Å². The fourth-order valence-electron chi connectivity index (χ4n) is 3.75. The summed E-state index contributed by atoms with van der Waals surface area (Å²) in [6.45, 7) is 4.83. The maximum absolute atomic E-state index is 13.6. The predicted octanol–water partition coefficient (Wildman–Crippen LogP) is 4.72. The summed E-state index contributed by atoms with van der Waals surface area (Å²) in [6.07, 6.45) is 1.72. The molecule has 0 fully saturated rings. The molecule has 39 heavy (non-hydrogen) atoms. The molecular weight excluding hydrogens is 521 g/mol. The highest BCUT2D eigenvalue weighted by Crippen LogP contribution is 2.26. The zero-order valence-corrected chi connectivity index (χ0v) is 23.3. The zero-order chi connectivity index (χ0) is 28.6. The van der Waals surface area contributed by atoms with Crippen molar-refractivity contribution in [3.05, 3.63) is 90.2 Å². The Morgan fingerprint density at radius 1 is 0.923 bits per heavy atom. The van der Waals surface area contributed by atoms with E-state index >= 15 is 0 Å². The molecule has 0 aliphatic heterocycles. The van der Waals surface area contributed by atoms with Crippen LogP contribution < -0.4 is 14.4 Å². The monoisotopic (exact) mass is 555 g/mol. The smallest absolute Gasteiger partial charge is 0.244 e. The van der Waals surface area contributed by atoms with Gasteiger partial charge < -0.3 is 15.0 Å². The third-order valence-electron chi connectivity index (χ3n) is 6.22. The molecule has 0 radical (unpaired) electrons. The first-order chi connectivity index (χ1) is 18.5. The highest BCUT2D eigenvalue weighted by atomic mass is 32.2. The van der Waals surface area contributed by atoms with Crippen LogP contribution in [0.15, 0.2) is 78.9 Å². The average molecular weight is 556 g/mol. The lowest BCUT2D eigenvalue weighted by Gasteiger charge is -2.32. The first-order valence-corrected chi connectivity index (χ1v) is 14.5. The Morgan fingerprint density at radius 2 is 1.51 bits per heavy atom. The molecule has 0 aliphatic carbocycles. The van der Waals surface area contributed by atoms with Crippen molar-refractivity contribution in [1.82, 2.24) is 10.2 Å². The first kappa shape index (κ1) is 29.6. The van der Waals surface area contributed by atoms with Crippen LogP contribution in [0.25, 0.3) is 0 Å². The van der Waals surface area contributed by atoms with Crippen LogP contribution >= 0.6 is 0 Å². The number of amides is 2. The van der Waals surface area contributed by atoms with Gasteiger partial charge in [-0.2, -0.15) is 0 Å². The van der Waals surface area contributed by atoms with Crippen LogP contribution in [0.3, 0.4) is 0 Å². The lowest BCUT2D eigenvalue weighted by Crippen LogP contribution is -2.52. The van der Waals surface area contributed by atoms with E-state index in [0.29, 0.717) is 23.5 Å². The highest BCUT2D eigenvalue weighted by Gasteiger charge is 2.30. The number of sulfonamides is 1. The first-order valence-electron chi connectivity index (χ1n) is 12.6. The Bertz CT molecular complexity index is 1350. The number of para-hydroxylation sites is 1. The van der Waals surface area contributed by atoms with Gasteiger partial charge in [-0.25, -0.2) is 12.8 Å². The zero-order valence-electron chi connectivity index (χ0n) is 22.5. The number of ether oxygens (including phenoxy) is 1. The second-order valence-electron chi connectivity index (χ2n) is 9.32. The molecule has 0 unspecified atom stereocenters. The number of carbonyl (C=O) groups excluding carboxylic acids is 2. The quantitative estimate of drug-likeness (QED) is 0.349. The van der Waals surface area contributed by atoms with Gasteiger partial charge in [0.25, 0.3) is 0 Å². The van der Waals surface area contributed by atoms with Gasteiger partial charge in [-0.05, 0) is 74.4 Å². The lowest BCUT2D eigenvalue weighted by molar-refractivity contribution is -0.139. The Labute approximate surface area is 229 Å². The van der Waals surface area contributed by atoms with Crippen LogP contribution in [0.5, 0.6) is 11.5 Å². The van der Waals surface area contributed by atoms with Gasteiger partial charge in [0.05, 0.1) is 11.9 Å². The molecule has 2 atom stereocenters. The van der Waals surface area contributed by atoms with E-state index in [4.69, 9.17) is 4.74 Å². The second kappa shape index (κ2) is 13.2. The van der Waals surface area contributed by atoms with E-state index in [1.54, 1.807) is 43.3 Å².